The summed E-state index contributed by atoms with van der Waals surface area (Å²) in [5.41, 5.74) is 0.924. The second-order valence-corrected chi connectivity index (χ2v) is 7.83. The molecule has 1 aliphatic rings. The highest BCUT2D eigenvalue weighted by atomic mass is 16.7. The average molecular weight is 491 g/mol. The van der Waals surface area contributed by atoms with Crippen LogP contribution < -0.4 is 19.5 Å². The lowest BCUT2D eigenvalue weighted by Gasteiger charge is -2.23. The summed E-state index contributed by atoms with van der Waals surface area (Å²) in [5.74, 6) is -1.03. The fourth-order valence-electron chi connectivity index (χ4n) is 3.82. The Morgan fingerprint density at radius 1 is 1.00 bits per heavy atom. The number of hydrogen-bond donors (Lipinski definition) is 3. The number of ether oxygens (including phenoxy) is 6. The first kappa shape index (κ1) is 25.9. The highest BCUT2D eigenvalue weighted by Gasteiger charge is 2.28. The van der Waals surface area contributed by atoms with Crippen LogP contribution in [-0.2, 0) is 31.8 Å². The fraction of sp³-hybridized carbons (Fsp3) is 0.417. The topological polar surface area (TPSA) is 142 Å². The van der Waals surface area contributed by atoms with Crippen molar-refractivity contribution in [3.63, 3.8) is 0 Å². The second-order valence-electron chi connectivity index (χ2n) is 7.83. The molecule has 3 N–H and O–H groups in total. The minimum Gasteiger partial charge on any atom is -0.508 e. The summed E-state index contributed by atoms with van der Waals surface area (Å²) < 4.78 is 32.7. The van der Waals surface area contributed by atoms with E-state index in [9.17, 15) is 19.8 Å². The molecule has 0 aromatic heterocycles. The van der Waals surface area contributed by atoms with Crippen molar-refractivity contribution in [2.45, 2.75) is 32.3 Å². The van der Waals surface area contributed by atoms with Crippen LogP contribution in [-0.4, -0.2) is 63.1 Å². The number of carbonyl (C=O) groups is 2. The molecule has 0 radical (unpaired) electrons. The van der Waals surface area contributed by atoms with Gasteiger partial charge in [0.1, 0.15) is 23.2 Å². The van der Waals surface area contributed by atoms with Crippen molar-refractivity contribution in [1.29, 1.82) is 0 Å². The summed E-state index contributed by atoms with van der Waals surface area (Å²) in [6.45, 7) is 1.46. The first-order valence-electron chi connectivity index (χ1n) is 10.8. The molecule has 1 aliphatic heterocycles. The SMILES string of the molecule is COCOc1cc2c(OCOC)c(c1OC)CC(C)OC(=O)c1c(O)cc(O)cc1CCC(=O)N2. The monoisotopic (exact) mass is 491 g/mol. The molecule has 0 spiro atoms. The molecular formula is C24H29NO10. The number of hydrogen-bond acceptors (Lipinski definition) is 10. The van der Waals surface area contributed by atoms with E-state index >= 15 is 0 Å². The van der Waals surface area contributed by atoms with Gasteiger partial charge in [-0.25, -0.2) is 4.79 Å². The Kier molecular flexibility index (Phi) is 8.61. The van der Waals surface area contributed by atoms with Crippen molar-refractivity contribution in [2.24, 2.45) is 0 Å². The standard InChI is InChI=1S/C24H29NO10/c1-13-7-16-22(34-12-31-3)17(10-19(23(16)32-4)33-11-30-2)25-20(28)6-5-14-8-15(26)9-18(27)21(14)24(29)35-13/h8-10,13,26-27H,5-7,11-12H2,1-4H3,(H,25,28). The largest absolute Gasteiger partial charge is 0.508 e. The Balaban J connectivity index is 2.15. The number of carbonyl (C=O) groups excluding carboxylic acids is 2. The minimum absolute atomic E-state index is 0.0525. The van der Waals surface area contributed by atoms with Gasteiger partial charge < -0.3 is 44.0 Å². The number of aromatic hydroxyl groups is 2. The first-order chi connectivity index (χ1) is 16.8. The Hall–Kier alpha value is -3.70. The molecule has 1 unspecified atom stereocenters. The van der Waals surface area contributed by atoms with E-state index < -0.39 is 23.7 Å². The van der Waals surface area contributed by atoms with Crippen LogP contribution in [0.5, 0.6) is 28.7 Å². The Labute approximate surface area is 202 Å². The first-order valence-corrected chi connectivity index (χ1v) is 10.8. The number of fused-ring (bicyclic) bond motifs is 3. The zero-order chi connectivity index (χ0) is 25.5. The molecule has 3 rings (SSSR count). The number of amides is 1. The summed E-state index contributed by atoms with van der Waals surface area (Å²) in [7, 11) is 4.37. The molecule has 190 valence electrons. The molecule has 1 atom stereocenters. The molecule has 1 heterocycles. The van der Waals surface area contributed by atoms with Gasteiger partial charge in [0.2, 0.25) is 5.91 Å². The van der Waals surface area contributed by atoms with Crippen molar-refractivity contribution >= 4 is 17.6 Å². The van der Waals surface area contributed by atoms with Crippen molar-refractivity contribution in [2.75, 3.05) is 40.2 Å². The molecule has 0 saturated carbocycles. The molecular weight excluding hydrogens is 462 g/mol. The molecule has 0 fully saturated rings. The van der Waals surface area contributed by atoms with Gasteiger partial charge in [0.05, 0.1) is 12.8 Å². The predicted octanol–water partition coefficient (Wildman–Crippen LogP) is 2.74. The fourth-order valence-corrected chi connectivity index (χ4v) is 3.82. The molecule has 2 aromatic rings. The molecule has 0 aliphatic carbocycles. The van der Waals surface area contributed by atoms with E-state index in [2.05, 4.69) is 5.32 Å². The molecule has 0 saturated heterocycles. The number of esters is 1. The maximum absolute atomic E-state index is 13.0. The van der Waals surface area contributed by atoms with Gasteiger partial charge in [-0.1, -0.05) is 0 Å². The molecule has 2 bridgehead atoms. The average Bonchev–Trinajstić information content (AvgIpc) is 2.80. The van der Waals surface area contributed by atoms with Crippen LogP contribution in [0.2, 0.25) is 0 Å². The van der Waals surface area contributed by atoms with E-state index in [1.54, 1.807) is 13.0 Å². The van der Waals surface area contributed by atoms with Crippen LogP contribution >= 0.6 is 0 Å². The number of rotatable bonds is 7. The van der Waals surface area contributed by atoms with E-state index in [4.69, 9.17) is 28.4 Å². The summed E-state index contributed by atoms with van der Waals surface area (Å²) in [6, 6.07) is 3.91. The van der Waals surface area contributed by atoms with E-state index in [1.165, 1.54) is 27.4 Å². The summed E-state index contributed by atoms with van der Waals surface area (Å²) in [5, 5.41) is 23.0. The maximum Gasteiger partial charge on any atom is 0.342 e. The summed E-state index contributed by atoms with van der Waals surface area (Å²) in [4.78, 5) is 25.9. The quantitative estimate of drug-likeness (QED) is 0.391. The lowest BCUT2D eigenvalue weighted by Crippen LogP contribution is -2.20. The highest BCUT2D eigenvalue weighted by Crippen LogP contribution is 2.45. The van der Waals surface area contributed by atoms with E-state index in [1.807, 2.05) is 0 Å². The lowest BCUT2D eigenvalue weighted by atomic mass is 10.0. The van der Waals surface area contributed by atoms with Crippen LogP contribution in [0, 0.1) is 0 Å². The van der Waals surface area contributed by atoms with Gasteiger partial charge in [0, 0.05) is 44.8 Å². The smallest absolute Gasteiger partial charge is 0.342 e. The Morgan fingerprint density at radius 2 is 1.71 bits per heavy atom. The van der Waals surface area contributed by atoms with Gasteiger partial charge in [-0.3, -0.25) is 4.79 Å². The summed E-state index contributed by atoms with van der Waals surface area (Å²) >= 11 is 0. The number of cyclic esters (lactones) is 1. The summed E-state index contributed by atoms with van der Waals surface area (Å²) in [6.07, 6.45) is -0.631. The number of anilines is 1. The zero-order valence-corrected chi connectivity index (χ0v) is 20.0. The lowest BCUT2D eigenvalue weighted by molar-refractivity contribution is -0.116. The number of methoxy groups -OCH3 is 3. The van der Waals surface area contributed by atoms with Gasteiger partial charge in [0.15, 0.2) is 30.8 Å². The van der Waals surface area contributed by atoms with E-state index in [0.29, 0.717) is 17.0 Å². The third kappa shape index (κ3) is 6.06. The number of phenolic OH excluding ortho intramolecular Hbond substituents is 2. The number of benzene rings is 2. The van der Waals surface area contributed by atoms with Gasteiger partial charge >= 0.3 is 5.97 Å². The molecule has 1 amide bonds. The zero-order valence-electron chi connectivity index (χ0n) is 20.0. The number of nitrogens with one attached hydrogen (secondary N) is 1. The van der Waals surface area contributed by atoms with Gasteiger partial charge in [-0.2, -0.15) is 0 Å². The number of aryl methyl sites for hydroxylation is 1. The van der Waals surface area contributed by atoms with Crippen molar-refractivity contribution in [1.82, 2.24) is 0 Å². The predicted molar refractivity (Wildman–Crippen MR) is 123 cm³/mol. The van der Waals surface area contributed by atoms with Crippen LogP contribution in [0.25, 0.3) is 0 Å². The van der Waals surface area contributed by atoms with Crippen LogP contribution in [0.15, 0.2) is 18.2 Å². The van der Waals surface area contributed by atoms with Gasteiger partial charge in [-0.15, -0.1) is 0 Å². The van der Waals surface area contributed by atoms with Crippen molar-refractivity contribution in [3.05, 3.63) is 34.9 Å². The second kappa shape index (κ2) is 11.6. The van der Waals surface area contributed by atoms with Crippen molar-refractivity contribution in [3.8, 4) is 28.7 Å². The van der Waals surface area contributed by atoms with Crippen molar-refractivity contribution < 1.29 is 48.2 Å². The molecule has 11 nitrogen and oxygen atoms in total. The Morgan fingerprint density at radius 3 is 2.40 bits per heavy atom. The van der Waals surface area contributed by atoms with Gasteiger partial charge in [0.25, 0.3) is 0 Å². The molecule has 11 heteroatoms. The number of phenols is 2. The molecule has 2 aromatic carbocycles. The normalized spacial score (nSPS) is 16.1. The third-order valence-electron chi connectivity index (χ3n) is 5.23. The maximum atomic E-state index is 13.0. The van der Waals surface area contributed by atoms with Crippen LogP contribution in [0.1, 0.15) is 34.8 Å². The van der Waals surface area contributed by atoms with E-state index in [-0.39, 0.29) is 61.2 Å². The van der Waals surface area contributed by atoms with Gasteiger partial charge in [-0.05, 0) is 25.0 Å². The van der Waals surface area contributed by atoms with E-state index in [0.717, 1.165) is 6.07 Å². The van der Waals surface area contributed by atoms with Crippen LogP contribution in [0.4, 0.5) is 5.69 Å². The van der Waals surface area contributed by atoms with Crippen LogP contribution in [0.3, 0.4) is 0 Å². The highest BCUT2D eigenvalue weighted by molar-refractivity contribution is 5.96. The Bertz CT molecular complexity index is 1080. The molecule has 35 heavy (non-hydrogen) atoms. The minimum atomic E-state index is -0.796. The third-order valence-corrected chi connectivity index (χ3v) is 5.23.